The average Bonchev–Trinajstić information content (AvgIpc) is 2.40. The molecular weight excluding hydrogens is 242 g/mol. The number of likely N-dealkylation sites (N-methyl/N-ethyl adjacent to an activating group) is 1. The van der Waals surface area contributed by atoms with Gasteiger partial charge in [-0.2, -0.15) is 0 Å². The number of hydrogen-bond acceptors (Lipinski definition) is 4. The highest BCUT2D eigenvalue weighted by molar-refractivity contribution is 5.41. The molecule has 0 fully saturated rings. The van der Waals surface area contributed by atoms with Crippen LogP contribution < -0.4 is 4.74 Å². The Balaban J connectivity index is 2.76. The first-order valence-corrected chi connectivity index (χ1v) is 6.80. The average molecular weight is 267 g/mol. The molecule has 1 N–H and O–H groups in total. The first-order valence-electron chi connectivity index (χ1n) is 6.80. The smallest absolute Gasteiger partial charge is 0.161 e. The van der Waals surface area contributed by atoms with E-state index in [4.69, 9.17) is 9.47 Å². The van der Waals surface area contributed by atoms with Crippen molar-refractivity contribution in [2.45, 2.75) is 33.4 Å². The fraction of sp³-hybridized carbons (Fsp3) is 0.600. The van der Waals surface area contributed by atoms with E-state index in [1.807, 2.05) is 19.1 Å². The van der Waals surface area contributed by atoms with Crippen LogP contribution in [-0.4, -0.2) is 42.9 Å². The molecule has 0 saturated heterocycles. The van der Waals surface area contributed by atoms with Gasteiger partial charge in [0.2, 0.25) is 0 Å². The van der Waals surface area contributed by atoms with Crippen LogP contribution in [0.4, 0.5) is 0 Å². The maximum Gasteiger partial charge on any atom is 0.161 e. The second kappa shape index (κ2) is 8.02. The largest absolute Gasteiger partial charge is 0.504 e. The first-order chi connectivity index (χ1) is 9.12. The van der Waals surface area contributed by atoms with E-state index in [0.29, 0.717) is 25.0 Å². The molecule has 0 amide bonds. The van der Waals surface area contributed by atoms with Crippen LogP contribution in [0.5, 0.6) is 11.5 Å². The SMILES string of the molecule is CCOc1cc(CN(CC)C(C)COC)ccc1O. The van der Waals surface area contributed by atoms with Crippen LogP contribution in [0.3, 0.4) is 0 Å². The van der Waals surface area contributed by atoms with E-state index in [1.54, 1.807) is 13.2 Å². The van der Waals surface area contributed by atoms with Crippen LogP contribution in [0.1, 0.15) is 26.3 Å². The van der Waals surface area contributed by atoms with Crippen molar-refractivity contribution in [1.82, 2.24) is 4.90 Å². The van der Waals surface area contributed by atoms with E-state index >= 15 is 0 Å². The van der Waals surface area contributed by atoms with Gasteiger partial charge in [-0.1, -0.05) is 13.0 Å². The maximum atomic E-state index is 9.69. The Morgan fingerprint density at radius 3 is 2.63 bits per heavy atom. The van der Waals surface area contributed by atoms with Gasteiger partial charge in [-0.25, -0.2) is 0 Å². The van der Waals surface area contributed by atoms with Crippen LogP contribution in [0.25, 0.3) is 0 Å². The summed E-state index contributed by atoms with van der Waals surface area (Å²) in [6.45, 7) is 9.23. The summed E-state index contributed by atoms with van der Waals surface area (Å²) in [5, 5.41) is 9.69. The molecule has 1 unspecified atom stereocenters. The number of phenolic OH excluding ortho intramolecular Hbond substituents is 1. The highest BCUT2D eigenvalue weighted by Crippen LogP contribution is 2.27. The van der Waals surface area contributed by atoms with Crippen molar-refractivity contribution in [2.24, 2.45) is 0 Å². The van der Waals surface area contributed by atoms with Crippen molar-refractivity contribution in [2.75, 3.05) is 26.9 Å². The Bertz CT molecular complexity index is 382. The van der Waals surface area contributed by atoms with E-state index in [9.17, 15) is 5.11 Å². The summed E-state index contributed by atoms with van der Waals surface area (Å²) in [6, 6.07) is 5.88. The normalized spacial score (nSPS) is 12.7. The van der Waals surface area contributed by atoms with Crippen LogP contribution in [0.15, 0.2) is 18.2 Å². The zero-order valence-corrected chi connectivity index (χ0v) is 12.3. The molecule has 0 spiro atoms. The Morgan fingerprint density at radius 2 is 2.05 bits per heavy atom. The Morgan fingerprint density at radius 1 is 1.32 bits per heavy atom. The summed E-state index contributed by atoms with van der Waals surface area (Å²) in [5.41, 5.74) is 1.13. The molecule has 1 aromatic rings. The monoisotopic (exact) mass is 267 g/mol. The second-order valence-corrected chi connectivity index (χ2v) is 4.60. The van der Waals surface area contributed by atoms with Gasteiger partial charge in [-0.05, 0) is 38.1 Å². The zero-order valence-electron chi connectivity index (χ0n) is 12.3. The fourth-order valence-electron chi connectivity index (χ4n) is 2.09. The minimum atomic E-state index is 0.193. The number of hydrogen-bond donors (Lipinski definition) is 1. The van der Waals surface area contributed by atoms with Crippen LogP contribution in [0, 0.1) is 0 Å². The van der Waals surface area contributed by atoms with Gasteiger partial charge in [-0.15, -0.1) is 0 Å². The molecule has 4 nitrogen and oxygen atoms in total. The quantitative estimate of drug-likeness (QED) is 0.786. The molecule has 0 aromatic heterocycles. The predicted octanol–water partition coefficient (Wildman–Crippen LogP) is 2.65. The van der Waals surface area contributed by atoms with Gasteiger partial charge >= 0.3 is 0 Å². The molecule has 0 radical (unpaired) electrons. The van der Waals surface area contributed by atoms with Crippen molar-refractivity contribution in [3.8, 4) is 11.5 Å². The minimum Gasteiger partial charge on any atom is -0.504 e. The lowest BCUT2D eigenvalue weighted by Crippen LogP contribution is -2.35. The third kappa shape index (κ3) is 4.73. The van der Waals surface area contributed by atoms with E-state index in [-0.39, 0.29) is 5.75 Å². The van der Waals surface area contributed by atoms with Gasteiger partial charge in [0, 0.05) is 19.7 Å². The number of rotatable bonds is 8. The van der Waals surface area contributed by atoms with Crippen molar-refractivity contribution < 1.29 is 14.6 Å². The summed E-state index contributed by atoms with van der Waals surface area (Å²) >= 11 is 0. The van der Waals surface area contributed by atoms with Crippen molar-refractivity contribution in [3.05, 3.63) is 23.8 Å². The molecular formula is C15H25NO3. The van der Waals surface area contributed by atoms with E-state index in [2.05, 4.69) is 18.7 Å². The summed E-state index contributed by atoms with van der Waals surface area (Å²) < 4.78 is 10.6. The summed E-state index contributed by atoms with van der Waals surface area (Å²) in [4.78, 5) is 2.33. The van der Waals surface area contributed by atoms with Crippen molar-refractivity contribution in [3.63, 3.8) is 0 Å². The molecule has 0 bridgehead atoms. The summed E-state index contributed by atoms with van der Waals surface area (Å²) in [5.74, 6) is 0.744. The molecule has 0 saturated carbocycles. The van der Waals surface area contributed by atoms with Gasteiger partial charge in [0.1, 0.15) is 0 Å². The van der Waals surface area contributed by atoms with Gasteiger partial charge in [0.05, 0.1) is 13.2 Å². The van der Waals surface area contributed by atoms with Crippen LogP contribution in [-0.2, 0) is 11.3 Å². The Labute approximate surface area is 115 Å². The topological polar surface area (TPSA) is 41.9 Å². The molecule has 4 heteroatoms. The lowest BCUT2D eigenvalue weighted by atomic mass is 10.1. The highest BCUT2D eigenvalue weighted by atomic mass is 16.5. The number of methoxy groups -OCH3 is 1. The van der Waals surface area contributed by atoms with Gasteiger partial charge in [0.25, 0.3) is 0 Å². The molecule has 0 heterocycles. The molecule has 1 atom stereocenters. The third-order valence-electron chi connectivity index (χ3n) is 3.15. The lowest BCUT2D eigenvalue weighted by Gasteiger charge is -2.27. The molecule has 0 aliphatic carbocycles. The van der Waals surface area contributed by atoms with Crippen LogP contribution >= 0.6 is 0 Å². The maximum absolute atomic E-state index is 9.69. The van der Waals surface area contributed by atoms with E-state index in [0.717, 1.165) is 18.7 Å². The van der Waals surface area contributed by atoms with E-state index in [1.165, 1.54) is 0 Å². The lowest BCUT2D eigenvalue weighted by molar-refractivity contribution is 0.0981. The molecule has 0 aliphatic rings. The molecule has 0 aliphatic heterocycles. The van der Waals surface area contributed by atoms with Crippen LogP contribution in [0.2, 0.25) is 0 Å². The fourth-order valence-corrected chi connectivity index (χ4v) is 2.09. The Kier molecular flexibility index (Phi) is 6.67. The molecule has 1 aromatic carbocycles. The summed E-state index contributed by atoms with van der Waals surface area (Å²) in [6.07, 6.45) is 0. The molecule has 108 valence electrons. The molecule has 19 heavy (non-hydrogen) atoms. The standard InChI is InChI=1S/C15H25NO3/c1-5-16(12(3)11-18-4)10-13-7-8-14(17)15(9-13)19-6-2/h7-9,12,17H,5-6,10-11H2,1-4H3. The predicted molar refractivity (Wildman–Crippen MR) is 76.7 cm³/mol. The number of aromatic hydroxyl groups is 1. The number of phenols is 1. The van der Waals surface area contributed by atoms with Gasteiger partial charge in [-0.3, -0.25) is 4.90 Å². The zero-order chi connectivity index (χ0) is 14.3. The van der Waals surface area contributed by atoms with E-state index < -0.39 is 0 Å². The second-order valence-electron chi connectivity index (χ2n) is 4.60. The summed E-state index contributed by atoms with van der Waals surface area (Å²) in [7, 11) is 1.72. The van der Waals surface area contributed by atoms with Gasteiger partial charge in [0.15, 0.2) is 11.5 Å². The number of benzene rings is 1. The number of ether oxygens (including phenoxy) is 2. The third-order valence-corrected chi connectivity index (χ3v) is 3.15. The Hall–Kier alpha value is -1.26. The van der Waals surface area contributed by atoms with Crippen molar-refractivity contribution >= 4 is 0 Å². The minimum absolute atomic E-state index is 0.193. The van der Waals surface area contributed by atoms with Gasteiger partial charge < -0.3 is 14.6 Å². The number of nitrogens with zero attached hydrogens (tertiary/aromatic N) is 1. The highest BCUT2D eigenvalue weighted by Gasteiger charge is 2.13. The first kappa shape index (κ1) is 15.8. The molecule has 1 rings (SSSR count). The van der Waals surface area contributed by atoms with Crippen molar-refractivity contribution in [1.29, 1.82) is 0 Å².